The summed E-state index contributed by atoms with van der Waals surface area (Å²) >= 11 is 6.18. The fourth-order valence-electron chi connectivity index (χ4n) is 2.24. The van der Waals surface area contributed by atoms with Gasteiger partial charge in [0.2, 0.25) is 0 Å². The molecule has 1 amide bonds. The first-order valence-corrected chi connectivity index (χ1v) is 8.91. The molecule has 2 aromatic carbocycles. The molecule has 0 unspecified atom stereocenters. The number of hydrogen-bond acceptors (Lipinski definition) is 5. The smallest absolute Gasteiger partial charge is 0.338 e. The molecule has 0 saturated heterocycles. The predicted octanol–water partition coefficient (Wildman–Crippen LogP) is 3.61. The first-order valence-electron chi connectivity index (χ1n) is 8.53. The zero-order chi connectivity index (χ0) is 19.6. The minimum absolute atomic E-state index is 0.177. The summed E-state index contributed by atoms with van der Waals surface area (Å²) in [5.74, 6) is -0.366. The summed E-state index contributed by atoms with van der Waals surface area (Å²) in [6.07, 6.45) is 0.807. The summed E-state index contributed by atoms with van der Waals surface area (Å²) in [4.78, 5) is 24.1. The molecule has 2 aromatic rings. The Bertz CT molecular complexity index is 779. The van der Waals surface area contributed by atoms with Gasteiger partial charge in [-0.2, -0.15) is 0 Å². The monoisotopic (exact) mass is 391 g/mol. The molecule has 0 saturated carbocycles. The second kappa shape index (κ2) is 10.4. The highest BCUT2D eigenvalue weighted by Gasteiger charge is 2.17. The third kappa shape index (κ3) is 6.18. The number of esters is 1. The molecule has 0 aliphatic heterocycles. The zero-order valence-corrected chi connectivity index (χ0v) is 16.0. The van der Waals surface area contributed by atoms with Crippen LogP contribution in [0.2, 0.25) is 5.02 Å². The minimum Gasteiger partial charge on any atom is -0.493 e. The van der Waals surface area contributed by atoms with Crippen LogP contribution in [0.4, 0.5) is 0 Å². The SMILES string of the molecule is CCCOc1c(Cl)cc(C(=O)OCC(=O)NCc2ccccc2)cc1OC. The van der Waals surface area contributed by atoms with E-state index in [1.165, 1.54) is 19.2 Å². The van der Waals surface area contributed by atoms with E-state index in [1.807, 2.05) is 37.3 Å². The molecular weight excluding hydrogens is 370 g/mol. The Balaban J connectivity index is 1.93. The van der Waals surface area contributed by atoms with Crippen LogP contribution in [-0.2, 0) is 16.1 Å². The Morgan fingerprint density at radius 2 is 1.89 bits per heavy atom. The van der Waals surface area contributed by atoms with Crippen LogP contribution in [0.25, 0.3) is 0 Å². The van der Waals surface area contributed by atoms with Crippen molar-refractivity contribution >= 4 is 23.5 Å². The quantitative estimate of drug-likeness (QED) is 0.661. The van der Waals surface area contributed by atoms with Crippen molar-refractivity contribution < 1.29 is 23.8 Å². The van der Waals surface area contributed by atoms with E-state index in [4.69, 9.17) is 25.8 Å². The summed E-state index contributed by atoms with van der Waals surface area (Å²) in [6, 6.07) is 12.3. The van der Waals surface area contributed by atoms with Gasteiger partial charge in [0.15, 0.2) is 18.1 Å². The van der Waals surface area contributed by atoms with Crippen molar-refractivity contribution in [1.29, 1.82) is 0 Å². The molecule has 0 radical (unpaired) electrons. The highest BCUT2D eigenvalue weighted by Crippen LogP contribution is 2.36. The third-order valence-corrected chi connectivity index (χ3v) is 3.86. The molecule has 0 spiro atoms. The average Bonchev–Trinajstić information content (AvgIpc) is 2.69. The maximum Gasteiger partial charge on any atom is 0.338 e. The van der Waals surface area contributed by atoms with E-state index in [2.05, 4.69) is 5.32 Å². The van der Waals surface area contributed by atoms with Crippen LogP contribution in [0.5, 0.6) is 11.5 Å². The van der Waals surface area contributed by atoms with Crippen LogP contribution in [0.15, 0.2) is 42.5 Å². The van der Waals surface area contributed by atoms with E-state index in [-0.39, 0.29) is 17.2 Å². The van der Waals surface area contributed by atoms with Crippen molar-refractivity contribution in [1.82, 2.24) is 5.32 Å². The maximum atomic E-state index is 12.2. The molecule has 0 aliphatic rings. The topological polar surface area (TPSA) is 73.9 Å². The van der Waals surface area contributed by atoms with Crippen LogP contribution >= 0.6 is 11.6 Å². The number of benzene rings is 2. The Morgan fingerprint density at radius 3 is 2.56 bits per heavy atom. The highest BCUT2D eigenvalue weighted by atomic mass is 35.5. The van der Waals surface area contributed by atoms with Gasteiger partial charge in [-0.15, -0.1) is 0 Å². The van der Waals surface area contributed by atoms with Crippen LogP contribution in [0.1, 0.15) is 29.3 Å². The lowest BCUT2D eigenvalue weighted by molar-refractivity contribution is -0.124. The number of nitrogens with one attached hydrogen (secondary N) is 1. The average molecular weight is 392 g/mol. The number of methoxy groups -OCH3 is 1. The van der Waals surface area contributed by atoms with Crippen LogP contribution in [-0.4, -0.2) is 32.2 Å². The first-order chi connectivity index (χ1) is 13.0. The molecule has 7 heteroatoms. The van der Waals surface area contributed by atoms with E-state index in [0.29, 0.717) is 24.7 Å². The second-order valence-corrected chi connectivity index (χ2v) is 6.08. The van der Waals surface area contributed by atoms with Crippen molar-refractivity contribution in [2.45, 2.75) is 19.9 Å². The fourth-order valence-corrected chi connectivity index (χ4v) is 2.51. The third-order valence-electron chi connectivity index (χ3n) is 3.58. The van der Waals surface area contributed by atoms with Gasteiger partial charge in [-0.3, -0.25) is 4.79 Å². The van der Waals surface area contributed by atoms with Gasteiger partial charge in [-0.25, -0.2) is 4.79 Å². The molecule has 0 bridgehead atoms. The molecule has 1 N–H and O–H groups in total. The molecule has 0 atom stereocenters. The molecule has 144 valence electrons. The molecular formula is C20H22ClNO5. The van der Waals surface area contributed by atoms with Gasteiger partial charge in [0, 0.05) is 6.54 Å². The van der Waals surface area contributed by atoms with E-state index in [1.54, 1.807) is 0 Å². The van der Waals surface area contributed by atoms with E-state index in [0.717, 1.165) is 12.0 Å². The lowest BCUT2D eigenvalue weighted by atomic mass is 10.2. The number of rotatable bonds is 9. The van der Waals surface area contributed by atoms with Gasteiger partial charge in [-0.1, -0.05) is 48.9 Å². The standard InChI is InChI=1S/C20H22ClNO5/c1-3-9-26-19-16(21)10-15(11-17(19)25-2)20(24)27-13-18(23)22-12-14-7-5-4-6-8-14/h4-8,10-11H,3,9,12-13H2,1-2H3,(H,22,23). The number of carbonyl (C=O) groups excluding carboxylic acids is 2. The van der Waals surface area contributed by atoms with Crippen molar-refractivity contribution in [3.63, 3.8) is 0 Å². The Hall–Kier alpha value is -2.73. The lowest BCUT2D eigenvalue weighted by Gasteiger charge is -2.13. The molecule has 0 aromatic heterocycles. The van der Waals surface area contributed by atoms with Gasteiger partial charge >= 0.3 is 5.97 Å². The first kappa shape index (κ1) is 20.6. The number of halogens is 1. The van der Waals surface area contributed by atoms with Gasteiger partial charge in [0.25, 0.3) is 5.91 Å². The number of hydrogen-bond donors (Lipinski definition) is 1. The molecule has 27 heavy (non-hydrogen) atoms. The van der Waals surface area contributed by atoms with Crippen LogP contribution < -0.4 is 14.8 Å². The molecule has 2 rings (SSSR count). The second-order valence-electron chi connectivity index (χ2n) is 5.68. The highest BCUT2D eigenvalue weighted by molar-refractivity contribution is 6.32. The summed E-state index contributed by atoms with van der Waals surface area (Å²) in [6.45, 7) is 2.41. The van der Waals surface area contributed by atoms with Gasteiger partial charge in [0.1, 0.15) is 0 Å². The Morgan fingerprint density at radius 1 is 1.15 bits per heavy atom. The summed E-state index contributed by atoms with van der Waals surface area (Å²) < 4.78 is 15.8. The summed E-state index contributed by atoms with van der Waals surface area (Å²) in [5, 5.41) is 2.92. The van der Waals surface area contributed by atoms with Gasteiger partial charge in [-0.05, 0) is 24.1 Å². The van der Waals surface area contributed by atoms with E-state index >= 15 is 0 Å². The molecule has 0 aliphatic carbocycles. The summed E-state index contributed by atoms with van der Waals surface area (Å²) in [7, 11) is 1.45. The predicted molar refractivity (Wildman–Crippen MR) is 102 cm³/mol. The Labute approximate surface area is 163 Å². The fraction of sp³-hybridized carbons (Fsp3) is 0.300. The lowest BCUT2D eigenvalue weighted by Crippen LogP contribution is -2.28. The van der Waals surface area contributed by atoms with Gasteiger partial charge < -0.3 is 19.5 Å². The van der Waals surface area contributed by atoms with E-state index in [9.17, 15) is 9.59 Å². The Kier molecular flexibility index (Phi) is 7.95. The van der Waals surface area contributed by atoms with E-state index < -0.39 is 11.9 Å². The van der Waals surface area contributed by atoms with Crippen molar-refractivity contribution in [2.24, 2.45) is 0 Å². The summed E-state index contributed by atoms with van der Waals surface area (Å²) in [5.41, 5.74) is 1.13. The van der Waals surface area contributed by atoms with Crippen molar-refractivity contribution in [3.05, 3.63) is 58.6 Å². The molecule has 6 nitrogen and oxygen atoms in total. The number of amides is 1. The largest absolute Gasteiger partial charge is 0.493 e. The van der Waals surface area contributed by atoms with Crippen molar-refractivity contribution in [3.8, 4) is 11.5 Å². The minimum atomic E-state index is -0.674. The number of carbonyl (C=O) groups is 2. The number of ether oxygens (including phenoxy) is 3. The van der Waals surface area contributed by atoms with Gasteiger partial charge in [0.05, 0.1) is 24.3 Å². The molecule has 0 fully saturated rings. The van der Waals surface area contributed by atoms with Crippen molar-refractivity contribution in [2.75, 3.05) is 20.3 Å². The van der Waals surface area contributed by atoms with Crippen LogP contribution in [0.3, 0.4) is 0 Å². The van der Waals surface area contributed by atoms with Crippen LogP contribution in [0, 0.1) is 0 Å². The molecule has 0 heterocycles. The normalized spacial score (nSPS) is 10.2. The maximum absolute atomic E-state index is 12.2. The zero-order valence-electron chi connectivity index (χ0n) is 15.3.